The van der Waals surface area contributed by atoms with Gasteiger partial charge in [-0.05, 0) is 44.9 Å². The van der Waals surface area contributed by atoms with Crippen LogP contribution in [0.4, 0.5) is 0 Å². The number of benzene rings is 1. The van der Waals surface area contributed by atoms with Gasteiger partial charge >= 0.3 is 0 Å². The maximum Gasteiger partial charge on any atom is 0.0783 e. The van der Waals surface area contributed by atoms with Crippen molar-refractivity contribution >= 4 is 0 Å². The zero-order chi connectivity index (χ0) is 14.6. The van der Waals surface area contributed by atoms with Crippen molar-refractivity contribution in [3.8, 4) is 5.69 Å². The van der Waals surface area contributed by atoms with E-state index in [0.29, 0.717) is 0 Å². The smallest absolute Gasteiger partial charge is 0.0783 e. The van der Waals surface area contributed by atoms with Crippen LogP contribution in [0.5, 0.6) is 0 Å². The molecule has 2 aromatic rings. The summed E-state index contributed by atoms with van der Waals surface area (Å²) in [6.07, 6.45) is 4.11. The summed E-state index contributed by atoms with van der Waals surface area (Å²) in [6.45, 7) is 9.41. The summed E-state index contributed by atoms with van der Waals surface area (Å²) in [4.78, 5) is 0. The van der Waals surface area contributed by atoms with Crippen molar-refractivity contribution in [1.29, 1.82) is 0 Å². The van der Waals surface area contributed by atoms with Crippen LogP contribution in [0.15, 0.2) is 30.5 Å². The van der Waals surface area contributed by atoms with Gasteiger partial charge in [-0.3, -0.25) is 0 Å². The molecule has 0 bridgehead atoms. The molecule has 2 rings (SSSR count). The van der Waals surface area contributed by atoms with Crippen LogP contribution in [0.1, 0.15) is 45.4 Å². The normalized spacial score (nSPS) is 11.8. The molecule has 0 unspecified atom stereocenters. The number of nitrogens with zero attached hydrogens (tertiary/aromatic N) is 3. The molecule has 4 nitrogen and oxygen atoms in total. The Kier molecular flexibility index (Phi) is 4.55. The van der Waals surface area contributed by atoms with Crippen LogP contribution in [0.3, 0.4) is 0 Å². The van der Waals surface area contributed by atoms with E-state index in [-0.39, 0.29) is 5.54 Å². The maximum absolute atomic E-state index is 4.19. The quantitative estimate of drug-likeness (QED) is 0.909. The standard InChI is InChI=1S/C16H24N4/c1-5-6-13-7-9-14(10-8-13)20-15(12-18-19-20)11-17-16(2,3)4/h7-10,12,17H,5-6,11H2,1-4H3. The van der Waals surface area contributed by atoms with Crippen molar-refractivity contribution in [2.45, 2.75) is 52.6 Å². The summed E-state index contributed by atoms with van der Waals surface area (Å²) in [5.41, 5.74) is 3.59. The van der Waals surface area contributed by atoms with E-state index in [1.165, 1.54) is 12.0 Å². The number of hydrogen-bond acceptors (Lipinski definition) is 3. The second kappa shape index (κ2) is 6.18. The van der Waals surface area contributed by atoms with E-state index in [4.69, 9.17) is 0 Å². The first-order valence-electron chi connectivity index (χ1n) is 7.23. The number of aryl methyl sites for hydroxylation is 1. The average molecular weight is 272 g/mol. The molecule has 0 saturated carbocycles. The molecular formula is C16H24N4. The van der Waals surface area contributed by atoms with Gasteiger partial charge in [0.1, 0.15) is 0 Å². The highest BCUT2D eigenvalue weighted by Gasteiger charge is 2.12. The summed E-state index contributed by atoms with van der Waals surface area (Å²) in [5.74, 6) is 0. The van der Waals surface area contributed by atoms with Gasteiger partial charge in [0.05, 0.1) is 17.6 Å². The van der Waals surface area contributed by atoms with E-state index in [2.05, 4.69) is 67.6 Å². The summed E-state index contributed by atoms with van der Waals surface area (Å²) in [5, 5.41) is 11.7. The molecule has 20 heavy (non-hydrogen) atoms. The van der Waals surface area contributed by atoms with Crippen molar-refractivity contribution < 1.29 is 0 Å². The van der Waals surface area contributed by atoms with Crippen LogP contribution in [-0.2, 0) is 13.0 Å². The molecule has 0 atom stereocenters. The van der Waals surface area contributed by atoms with Crippen LogP contribution in [0, 0.1) is 0 Å². The van der Waals surface area contributed by atoms with Gasteiger partial charge in [-0.15, -0.1) is 5.10 Å². The van der Waals surface area contributed by atoms with Gasteiger partial charge in [0, 0.05) is 12.1 Å². The number of hydrogen-bond donors (Lipinski definition) is 1. The Bertz CT molecular complexity index is 534. The highest BCUT2D eigenvalue weighted by molar-refractivity contribution is 5.35. The van der Waals surface area contributed by atoms with Gasteiger partial charge in [0.2, 0.25) is 0 Å². The van der Waals surface area contributed by atoms with Gasteiger partial charge in [0.15, 0.2) is 0 Å². The lowest BCUT2D eigenvalue weighted by molar-refractivity contribution is 0.418. The second-order valence-corrected chi connectivity index (χ2v) is 6.16. The minimum atomic E-state index is 0.0834. The van der Waals surface area contributed by atoms with Gasteiger partial charge in [-0.1, -0.05) is 30.7 Å². The van der Waals surface area contributed by atoms with Crippen LogP contribution in [-0.4, -0.2) is 20.5 Å². The third-order valence-electron chi connectivity index (χ3n) is 3.14. The number of nitrogens with one attached hydrogen (secondary N) is 1. The lowest BCUT2D eigenvalue weighted by Gasteiger charge is -2.20. The largest absolute Gasteiger partial charge is 0.306 e. The monoisotopic (exact) mass is 272 g/mol. The third kappa shape index (κ3) is 3.90. The Morgan fingerprint density at radius 1 is 1.15 bits per heavy atom. The fraction of sp³-hybridized carbons (Fsp3) is 0.500. The molecule has 0 fully saturated rings. The predicted molar refractivity (Wildman–Crippen MR) is 81.9 cm³/mol. The van der Waals surface area contributed by atoms with E-state index in [9.17, 15) is 0 Å². The molecule has 1 N–H and O–H groups in total. The predicted octanol–water partition coefficient (Wildman–Crippen LogP) is 3.11. The Labute approximate surface area is 121 Å². The molecule has 108 valence electrons. The zero-order valence-corrected chi connectivity index (χ0v) is 12.8. The van der Waals surface area contributed by atoms with E-state index < -0.39 is 0 Å². The SMILES string of the molecule is CCCc1ccc(-n2nncc2CNC(C)(C)C)cc1. The fourth-order valence-corrected chi connectivity index (χ4v) is 2.04. The zero-order valence-electron chi connectivity index (χ0n) is 12.8. The van der Waals surface area contributed by atoms with Gasteiger partial charge < -0.3 is 5.32 Å². The van der Waals surface area contributed by atoms with E-state index in [0.717, 1.165) is 24.3 Å². The first kappa shape index (κ1) is 14.7. The van der Waals surface area contributed by atoms with Crippen LogP contribution in [0.25, 0.3) is 5.69 Å². The van der Waals surface area contributed by atoms with Gasteiger partial charge in [0.25, 0.3) is 0 Å². The van der Waals surface area contributed by atoms with Crippen molar-refractivity contribution in [3.05, 3.63) is 41.7 Å². The van der Waals surface area contributed by atoms with Crippen molar-refractivity contribution in [2.75, 3.05) is 0 Å². The molecule has 0 aliphatic heterocycles. The molecule has 1 heterocycles. The molecule has 0 amide bonds. The number of rotatable bonds is 5. The summed E-state index contributed by atoms with van der Waals surface area (Å²) in [6, 6.07) is 8.56. The van der Waals surface area contributed by atoms with E-state index >= 15 is 0 Å². The molecule has 0 aliphatic carbocycles. The third-order valence-corrected chi connectivity index (χ3v) is 3.14. The fourth-order valence-electron chi connectivity index (χ4n) is 2.04. The average Bonchev–Trinajstić information content (AvgIpc) is 2.85. The number of aromatic nitrogens is 3. The van der Waals surface area contributed by atoms with E-state index in [1.54, 1.807) is 0 Å². The van der Waals surface area contributed by atoms with Gasteiger partial charge in [-0.2, -0.15) is 0 Å². The minimum Gasteiger partial charge on any atom is -0.306 e. The lowest BCUT2D eigenvalue weighted by Crippen LogP contribution is -2.35. The summed E-state index contributed by atoms with van der Waals surface area (Å²) >= 11 is 0. The minimum absolute atomic E-state index is 0.0834. The van der Waals surface area contributed by atoms with Crippen LogP contribution >= 0.6 is 0 Å². The molecule has 1 aromatic heterocycles. The molecule has 0 aliphatic rings. The molecule has 1 aromatic carbocycles. The lowest BCUT2D eigenvalue weighted by atomic mass is 10.1. The molecule has 0 spiro atoms. The summed E-state index contributed by atoms with van der Waals surface area (Å²) in [7, 11) is 0. The Balaban J connectivity index is 2.14. The Hall–Kier alpha value is -1.68. The summed E-state index contributed by atoms with van der Waals surface area (Å²) < 4.78 is 1.90. The highest BCUT2D eigenvalue weighted by Crippen LogP contribution is 2.13. The molecule has 4 heteroatoms. The molecule has 0 radical (unpaired) electrons. The molecular weight excluding hydrogens is 248 g/mol. The highest BCUT2D eigenvalue weighted by atomic mass is 15.4. The van der Waals surface area contributed by atoms with Crippen molar-refractivity contribution in [1.82, 2.24) is 20.3 Å². The van der Waals surface area contributed by atoms with Crippen molar-refractivity contribution in [2.24, 2.45) is 0 Å². The van der Waals surface area contributed by atoms with Crippen LogP contribution < -0.4 is 5.32 Å². The first-order valence-corrected chi connectivity index (χ1v) is 7.23. The van der Waals surface area contributed by atoms with E-state index in [1.807, 2.05) is 10.9 Å². The molecule has 0 saturated heterocycles. The first-order chi connectivity index (χ1) is 9.49. The maximum atomic E-state index is 4.19. The van der Waals surface area contributed by atoms with Crippen LogP contribution in [0.2, 0.25) is 0 Å². The van der Waals surface area contributed by atoms with Gasteiger partial charge in [-0.25, -0.2) is 4.68 Å². The second-order valence-electron chi connectivity index (χ2n) is 6.16. The van der Waals surface area contributed by atoms with Crippen molar-refractivity contribution in [3.63, 3.8) is 0 Å². The Morgan fingerprint density at radius 2 is 1.85 bits per heavy atom. The Morgan fingerprint density at radius 3 is 2.45 bits per heavy atom. The topological polar surface area (TPSA) is 42.7 Å².